The van der Waals surface area contributed by atoms with Crippen LogP contribution in [0.5, 0.6) is 0 Å². The number of carbonyl (C=O) groups is 1. The van der Waals surface area contributed by atoms with E-state index in [4.69, 9.17) is 10.00 Å². The summed E-state index contributed by atoms with van der Waals surface area (Å²) >= 11 is 1.50. The number of nitrogens with zero attached hydrogens (tertiary/aromatic N) is 4. The molecule has 7 heteroatoms. The van der Waals surface area contributed by atoms with Crippen LogP contribution >= 0.6 is 11.3 Å². The fourth-order valence-corrected chi connectivity index (χ4v) is 4.81. The summed E-state index contributed by atoms with van der Waals surface area (Å²) in [5.74, 6) is 0.140. The van der Waals surface area contributed by atoms with Gasteiger partial charge in [-0.05, 0) is 35.9 Å². The Kier molecular flexibility index (Phi) is 5.04. The molecule has 6 nitrogen and oxygen atoms in total. The molecule has 2 aromatic rings. The van der Waals surface area contributed by atoms with Crippen LogP contribution in [0.4, 0.5) is 0 Å². The molecule has 0 saturated carbocycles. The predicted molar refractivity (Wildman–Crippen MR) is 104 cm³/mol. The lowest BCUT2D eigenvalue weighted by Crippen LogP contribution is -2.57. The maximum absolute atomic E-state index is 12.6. The van der Waals surface area contributed by atoms with E-state index in [0.717, 1.165) is 62.6 Å². The van der Waals surface area contributed by atoms with Crippen molar-refractivity contribution in [1.29, 1.82) is 5.26 Å². The summed E-state index contributed by atoms with van der Waals surface area (Å²) in [6.07, 6.45) is 3.78. The van der Waals surface area contributed by atoms with Gasteiger partial charge in [0.05, 0.1) is 17.1 Å². The van der Waals surface area contributed by atoms with Crippen molar-refractivity contribution >= 4 is 17.2 Å². The maximum Gasteiger partial charge on any atom is 0.263 e. The van der Waals surface area contributed by atoms with Gasteiger partial charge in [-0.3, -0.25) is 9.69 Å². The first-order valence-electron chi connectivity index (χ1n) is 9.33. The Bertz CT molecular complexity index is 844. The second kappa shape index (κ2) is 7.47. The van der Waals surface area contributed by atoms with E-state index < -0.39 is 0 Å². The van der Waals surface area contributed by atoms with Crippen molar-refractivity contribution in [1.82, 2.24) is 14.4 Å². The molecule has 0 aliphatic carbocycles. The first kappa shape index (κ1) is 18.2. The van der Waals surface area contributed by atoms with E-state index in [1.807, 2.05) is 46.3 Å². The Hall–Kier alpha value is -2.14. The second-order valence-corrected chi connectivity index (χ2v) is 8.42. The molecule has 0 bridgehead atoms. The van der Waals surface area contributed by atoms with Crippen LogP contribution in [-0.4, -0.2) is 58.7 Å². The van der Waals surface area contributed by atoms with Crippen LogP contribution < -0.4 is 0 Å². The van der Waals surface area contributed by atoms with Crippen molar-refractivity contribution in [3.63, 3.8) is 0 Å². The number of rotatable bonds is 3. The Labute approximate surface area is 163 Å². The van der Waals surface area contributed by atoms with Crippen molar-refractivity contribution in [2.45, 2.75) is 25.0 Å². The lowest BCUT2D eigenvalue weighted by molar-refractivity contribution is -0.134. The number of morpholine rings is 1. The smallest absolute Gasteiger partial charge is 0.263 e. The van der Waals surface area contributed by atoms with Gasteiger partial charge in [0, 0.05) is 46.0 Å². The minimum Gasteiger partial charge on any atom is -0.372 e. The SMILES string of the molecule is Cn1cc(CN2CCOC3(CCN(C(=O)c4cccs4)CC3)C2)cc1C#N. The number of ether oxygens (including phenoxy) is 1. The van der Waals surface area contributed by atoms with Gasteiger partial charge >= 0.3 is 0 Å². The third-order valence-electron chi connectivity index (χ3n) is 5.60. The molecule has 4 heterocycles. The first-order chi connectivity index (χ1) is 13.1. The molecule has 1 spiro atoms. The van der Waals surface area contributed by atoms with Crippen molar-refractivity contribution < 1.29 is 9.53 Å². The summed E-state index contributed by atoms with van der Waals surface area (Å²) < 4.78 is 8.08. The molecular formula is C20H24N4O2S. The van der Waals surface area contributed by atoms with Crippen LogP contribution in [0, 0.1) is 11.3 Å². The average Bonchev–Trinajstić information content (AvgIpc) is 3.32. The minimum atomic E-state index is -0.155. The van der Waals surface area contributed by atoms with Crippen molar-refractivity contribution in [3.8, 4) is 6.07 Å². The zero-order chi connectivity index (χ0) is 18.9. The Morgan fingerprint density at radius 3 is 2.85 bits per heavy atom. The van der Waals surface area contributed by atoms with Crippen LogP contribution in [-0.2, 0) is 18.3 Å². The molecule has 2 aliphatic rings. The molecule has 0 atom stereocenters. The molecule has 0 N–H and O–H groups in total. The van der Waals surface area contributed by atoms with E-state index >= 15 is 0 Å². The van der Waals surface area contributed by atoms with Gasteiger partial charge < -0.3 is 14.2 Å². The summed E-state index contributed by atoms with van der Waals surface area (Å²) in [5, 5.41) is 11.1. The van der Waals surface area contributed by atoms with Gasteiger partial charge in [-0.2, -0.15) is 5.26 Å². The van der Waals surface area contributed by atoms with Crippen LogP contribution in [0.15, 0.2) is 29.8 Å². The minimum absolute atomic E-state index is 0.140. The predicted octanol–water partition coefficient (Wildman–Crippen LogP) is 2.47. The Balaban J connectivity index is 1.37. The van der Waals surface area contributed by atoms with Gasteiger partial charge in [-0.1, -0.05) is 6.07 Å². The molecule has 0 unspecified atom stereocenters. The standard InChI is InChI=1S/C20H24N4O2S/c1-22-13-16(11-17(22)12-21)14-23-8-9-26-20(15-23)4-6-24(7-5-20)19(25)18-3-2-10-27-18/h2-3,10-11,13H,4-9,14-15H2,1H3. The van der Waals surface area contributed by atoms with Gasteiger partial charge in [0.2, 0.25) is 0 Å². The van der Waals surface area contributed by atoms with E-state index in [1.54, 1.807) is 0 Å². The number of hydrogen-bond donors (Lipinski definition) is 0. The van der Waals surface area contributed by atoms with Crippen LogP contribution in [0.1, 0.15) is 33.8 Å². The van der Waals surface area contributed by atoms with E-state index in [-0.39, 0.29) is 11.5 Å². The van der Waals surface area contributed by atoms with Crippen LogP contribution in [0.25, 0.3) is 0 Å². The molecular weight excluding hydrogens is 360 g/mol. The molecule has 2 aromatic heterocycles. The van der Waals surface area contributed by atoms with Crippen molar-refractivity contribution in [2.75, 3.05) is 32.8 Å². The summed E-state index contributed by atoms with van der Waals surface area (Å²) in [4.78, 5) is 17.7. The van der Waals surface area contributed by atoms with Gasteiger partial charge in [0.15, 0.2) is 0 Å². The number of aryl methyl sites for hydroxylation is 1. The monoisotopic (exact) mass is 384 g/mol. The molecule has 27 heavy (non-hydrogen) atoms. The average molecular weight is 385 g/mol. The summed E-state index contributed by atoms with van der Waals surface area (Å²) in [5.41, 5.74) is 1.70. The maximum atomic E-state index is 12.6. The molecule has 2 aliphatic heterocycles. The van der Waals surface area contributed by atoms with E-state index in [2.05, 4.69) is 11.0 Å². The molecule has 0 radical (unpaired) electrons. The molecule has 2 fully saturated rings. The number of amides is 1. The van der Waals surface area contributed by atoms with Gasteiger partial charge in [-0.15, -0.1) is 11.3 Å². The molecule has 4 rings (SSSR count). The van der Waals surface area contributed by atoms with Gasteiger partial charge in [0.25, 0.3) is 5.91 Å². The number of thiophene rings is 1. The quantitative estimate of drug-likeness (QED) is 0.816. The highest BCUT2D eigenvalue weighted by Gasteiger charge is 2.40. The number of carbonyl (C=O) groups excluding carboxylic acids is 1. The summed E-state index contributed by atoms with van der Waals surface area (Å²) in [7, 11) is 1.91. The van der Waals surface area contributed by atoms with Crippen molar-refractivity contribution in [2.24, 2.45) is 7.05 Å². The van der Waals surface area contributed by atoms with Gasteiger partial charge in [-0.25, -0.2) is 0 Å². The fraction of sp³-hybridized carbons (Fsp3) is 0.500. The third-order valence-corrected chi connectivity index (χ3v) is 6.46. The lowest BCUT2D eigenvalue weighted by atomic mass is 9.89. The topological polar surface area (TPSA) is 61.5 Å². The van der Waals surface area contributed by atoms with Crippen LogP contribution in [0.3, 0.4) is 0 Å². The Morgan fingerprint density at radius 1 is 1.37 bits per heavy atom. The largest absolute Gasteiger partial charge is 0.372 e. The molecule has 2 saturated heterocycles. The number of aromatic nitrogens is 1. The zero-order valence-electron chi connectivity index (χ0n) is 15.6. The molecule has 0 aromatic carbocycles. The fourth-order valence-electron chi connectivity index (χ4n) is 4.12. The highest BCUT2D eigenvalue weighted by atomic mass is 32.1. The van der Waals surface area contributed by atoms with Crippen LogP contribution in [0.2, 0.25) is 0 Å². The lowest BCUT2D eigenvalue weighted by Gasteiger charge is -2.47. The number of nitriles is 1. The number of likely N-dealkylation sites (tertiary alicyclic amines) is 1. The van der Waals surface area contributed by atoms with Gasteiger partial charge in [0.1, 0.15) is 11.8 Å². The molecule has 1 amide bonds. The Morgan fingerprint density at radius 2 is 2.19 bits per heavy atom. The zero-order valence-corrected chi connectivity index (χ0v) is 16.4. The van der Waals surface area contributed by atoms with Crippen molar-refractivity contribution in [3.05, 3.63) is 45.9 Å². The van der Waals surface area contributed by atoms with E-state index in [0.29, 0.717) is 5.69 Å². The molecule has 142 valence electrons. The summed E-state index contributed by atoms with van der Waals surface area (Å²) in [6.45, 7) is 4.82. The number of hydrogen-bond acceptors (Lipinski definition) is 5. The highest BCUT2D eigenvalue weighted by Crippen LogP contribution is 2.31. The first-order valence-corrected chi connectivity index (χ1v) is 10.2. The third kappa shape index (κ3) is 3.79. The number of piperidine rings is 1. The van der Waals surface area contributed by atoms with E-state index in [1.165, 1.54) is 11.3 Å². The second-order valence-electron chi connectivity index (χ2n) is 7.47. The normalized spacial score (nSPS) is 19.9. The van der Waals surface area contributed by atoms with E-state index in [9.17, 15) is 4.79 Å². The summed E-state index contributed by atoms with van der Waals surface area (Å²) in [6, 6.07) is 8.00. The highest BCUT2D eigenvalue weighted by molar-refractivity contribution is 7.12.